The molecule has 0 aliphatic carbocycles. The molecular weight excluding hydrogens is 376 g/mol. The molecule has 28 heavy (non-hydrogen) atoms. The van der Waals surface area contributed by atoms with Gasteiger partial charge in [0, 0.05) is 24.8 Å². The van der Waals surface area contributed by atoms with Gasteiger partial charge in [0.1, 0.15) is 0 Å². The molecule has 0 radical (unpaired) electrons. The molecule has 2 aromatic rings. The summed E-state index contributed by atoms with van der Waals surface area (Å²) in [5.74, 6) is -0.289. The van der Waals surface area contributed by atoms with Crippen LogP contribution >= 0.6 is 0 Å². The fraction of sp³-hybridized carbons (Fsp3) is 0.381. The van der Waals surface area contributed by atoms with Gasteiger partial charge in [-0.15, -0.1) is 0 Å². The van der Waals surface area contributed by atoms with Crippen LogP contribution in [0.1, 0.15) is 35.7 Å². The molecule has 0 aromatic heterocycles. The van der Waals surface area contributed by atoms with Crippen molar-refractivity contribution in [2.75, 3.05) is 17.5 Å². The number of ether oxygens (including phenoxy) is 1. The second-order valence-corrected chi connectivity index (χ2v) is 9.17. The van der Waals surface area contributed by atoms with E-state index < -0.39 is 10.0 Å². The van der Waals surface area contributed by atoms with Gasteiger partial charge in [0.25, 0.3) is 15.9 Å². The van der Waals surface area contributed by atoms with Crippen molar-refractivity contribution in [3.05, 3.63) is 59.7 Å². The Morgan fingerprint density at radius 3 is 2.82 bits per heavy atom. The third-order valence-corrected chi connectivity index (χ3v) is 7.24. The largest absolute Gasteiger partial charge is 0.376 e. The zero-order valence-electron chi connectivity index (χ0n) is 15.8. The molecule has 1 amide bonds. The summed E-state index contributed by atoms with van der Waals surface area (Å²) in [6, 6.07) is 13.6. The maximum Gasteiger partial charge on any atom is 0.264 e. The summed E-state index contributed by atoms with van der Waals surface area (Å²) in [6.45, 7) is 3.06. The predicted octanol–water partition coefficient (Wildman–Crippen LogP) is 2.74. The Balaban J connectivity index is 1.57. The number of para-hydroxylation sites is 1. The van der Waals surface area contributed by atoms with Crippen LogP contribution in [0, 0.1) is 0 Å². The van der Waals surface area contributed by atoms with Crippen molar-refractivity contribution in [2.45, 2.75) is 43.2 Å². The van der Waals surface area contributed by atoms with E-state index in [0.29, 0.717) is 24.2 Å². The van der Waals surface area contributed by atoms with Crippen LogP contribution in [0.4, 0.5) is 5.69 Å². The first-order valence-corrected chi connectivity index (χ1v) is 11.0. The maximum atomic E-state index is 13.3. The van der Waals surface area contributed by atoms with E-state index in [2.05, 4.69) is 5.32 Å². The Bertz CT molecular complexity index is 983. The fourth-order valence-corrected chi connectivity index (χ4v) is 5.67. The Morgan fingerprint density at radius 1 is 1.21 bits per heavy atom. The molecule has 6 nitrogen and oxygen atoms in total. The lowest BCUT2D eigenvalue weighted by atomic mass is 10.1. The normalized spacial score (nSPS) is 21.5. The van der Waals surface area contributed by atoms with Crippen LogP contribution in [0.15, 0.2) is 53.4 Å². The number of rotatable bonds is 5. The first-order valence-electron chi connectivity index (χ1n) is 9.59. The molecule has 1 N–H and O–H groups in total. The topological polar surface area (TPSA) is 75.7 Å². The standard InChI is InChI=1S/C21H24N2O4S/c1-15-12-16-6-2-3-10-20(16)23(15)28(25,26)19-9-4-7-17(13-19)21(24)22-14-18-8-5-11-27-18/h2-4,6-7,9-10,13,15,18H,5,8,11-12,14H2,1H3,(H,22,24). The third kappa shape index (κ3) is 3.52. The fourth-order valence-electron chi connectivity index (χ4n) is 3.93. The number of carbonyl (C=O) groups excluding carboxylic acids is 1. The molecule has 7 heteroatoms. The number of nitrogens with zero attached hydrogens (tertiary/aromatic N) is 1. The van der Waals surface area contributed by atoms with E-state index in [9.17, 15) is 13.2 Å². The molecule has 0 bridgehead atoms. The van der Waals surface area contributed by atoms with E-state index in [1.165, 1.54) is 10.4 Å². The van der Waals surface area contributed by atoms with Crippen molar-refractivity contribution in [2.24, 2.45) is 0 Å². The summed E-state index contributed by atoms with van der Waals surface area (Å²) >= 11 is 0. The summed E-state index contributed by atoms with van der Waals surface area (Å²) in [7, 11) is -3.76. The minimum atomic E-state index is -3.76. The van der Waals surface area contributed by atoms with Crippen molar-refractivity contribution >= 4 is 21.6 Å². The number of fused-ring (bicyclic) bond motifs is 1. The second kappa shape index (κ2) is 7.56. The zero-order valence-corrected chi connectivity index (χ0v) is 16.6. The van der Waals surface area contributed by atoms with Crippen LogP contribution < -0.4 is 9.62 Å². The molecular formula is C21H24N2O4S. The zero-order chi connectivity index (χ0) is 19.7. The number of carbonyl (C=O) groups is 1. The summed E-state index contributed by atoms with van der Waals surface area (Å²) in [6.07, 6.45) is 2.65. The monoisotopic (exact) mass is 400 g/mol. The van der Waals surface area contributed by atoms with Crippen LogP contribution in [0.25, 0.3) is 0 Å². The SMILES string of the molecule is CC1Cc2ccccc2N1S(=O)(=O)c1cccc(C(=O)NCC2CCCO2)c1. The Hall–Kier alpha value is -2.38. The predicted molar refractivity (Wildman–Crippen MR) is 107 cm³/mol. The average Bonchev–Trinajstić information content (AvgIpc) is 3.32. The lowest BCUT2D eigenvalue weighted by Gasteiger charge is -2.24. The first kappa shape index (κ1) is 19.0. The minimum Gasteiger partial charge on any atom is -0.376 e. The van der Waals surface area contributed by atoms with Crippen molar-refractivity contribution < 1.29 is 17.9 Å². The van der Waals surface area contributed by atoms with Crippen LogP contribution in [0.2, 0.25) is 0 Å². The minimum absolute atomic E-state index is 0.0396. The second-order valence-electron chi connectivity index (χ2n) is 7.36. The van der Waals surface area contributed by atoms with Crippen LogP contribution in [-0.4, -0.2) is 39.6 Å². The summed E-state index contributed by atoms with van der Waals surface area (Å²) in [5.41, 5.74) is 2.06. The molecule has 2 aromatic carbocycles. The molecule has 1 fully saturated rings. The van der Waals surface area contributed by atoms with E-state index in [4.69, 9.17) is 4.74 Å². The molecule has 0 spiro atoms. The highest BCUT2D eigenvalue weighted by atomic mass is 32.2. The first-order chi connectivity index (χ1) is 13.5. The molecule has 2 aliphatic rings. The quantitative estimate of drug-likeness (QED) is 0.837. The van der Waals surface area contributed by atoms with E-state index in [-0.39, 0.29) is 22.9 Å². The van der Waals surface area contributed by atoms with E-state index in [1.807, 2.05) is 31.2 Å². The molecule has 1 saturated heterocycles. The van der Waals surface area contributed by atoms with Gasteiger partial charge in [-0.25, -0.2) is 8.42 Å². The lowest BCUT2D eigenvalue weighted by Crippen LogP contribution is -2.36. The summed E-state index contributed by atoms with van der Waals surface area (Å²) in [5, 5.41) is 2.84. The lowest BCUT2D eigenvalue weighted by molar-refractivity contribution is 0.0857. The third-order valence-electron chi connectivity index (χ3n) is 5.31. The molecule has 0 saturated carbocycles. The van der Waals surface area contributed by atoms with Gasteiger partial charge in [-0.05, 0) is 56.0 Å². The molecule has 148 valence electrons. The van der Waals surface area contributed by atoms with Gasteiger partial charge in [-0.2, -0.15) is 0 Å². The molecule has 2 heterocycles. The van der Waals surface area contributed by atoms with Crippen molar-refractivity contribution in [1.29, 1.82) is 0 Å². The van der Waals surface area contributed by atoms with Gasteiger partial charge in [0.2, 0.25) is 0 Å². The van der Waals surface area contributed by atoms with E-state index in [1.54, 1.807) is 18.2 Å². The highest BCUT2D eigenvalue weighted by molar-refractivity contribution is 7.92. The number of benzene rings is 2. The van der Waals surface area contributed by atoms with Crippen molar-refractivity contribution in [3.8, 4) is 0 Å². The number of sulfonamides is 1. The highest BCUT2D eigenvalue weighted by Crippen LogP contribution is 2.36. The molecule has 4 rings (SSSR count). The summed E-state index contributed by atoms with van der Waals surface area (Å²) in [4.78, 5) is 12.6. The molecule has 2 atom stereocenters. The number of hydrogen-bond acceptors (Lipinski definition) is 4. The van der Waals surface area contributed by atoms with Gasteiger partial charge in [-0.3, -0.25) is 9.10 Å². The number of anilines is 1. The van der Waals surface area contributed by atoms with Crippen molar-refractivity contribution in [1.82, 2.24) is 5.32 Å². The van der Waals surface area contributed by atoms with Gasteiger partial charge in [-0.1, -0.05) is 24.3 Å². The number of amides is 1. The van der Waals surface area contributed by atoms with Gasteiger partial charge >= 0.3 is 0 Å². The van der Waals surface area contributed by atoms with Crippen LogP contribution in [0.5, 0.6) is 0 Å². The number of nitrogens with one attached hydrogen (secondary N) is 1. The van der Waals surface area contributed by atoms with E-state index in [0.717, 1.165) is 25.0 Å². The number of hydrogen-bond donors (Lipinski definition) is 1. The highest BCUT2D eigenvalue weighted by Gasteiger charge is 2.36. The average molecular weight is 401 g/mol. The van der Waals surface area contributed by atoms with Crippen molar-refractivity contribution in [3.63, 3.8) is 0 Å². The Morgan fingerprint density at radius 2 is 2.04 bits per heavy atom. The maximum absolute atomic E-state index is 13.3. The van der Waals surface area contributed by atoms with Crippen LogP contribution in [0.3, 0.4) is 0 Å². The summed E-state index contributed by atoms with van der Waals surface area (Å²) < 4.78 is 33.6. The van der Waals surface area contributed by atoms with Gasteiger partial charge in [0.05, 0.1) is 16.7 Å². The van der Waals surface area contributed by atoms with Gasteiger partial charge < -0.3 is 10.1 Å². The Kier molecular flexibility index (Phi) is 5.12. The Labute approximate surface area is 165 Å². The molecule has 2 aliphatic heterocycles. The molecule has 2 unspecified atom stereocenters. The smallest absolute Gasteiger partial charge is 0.264 e. The van der Waals surface area contributed by atoms with Gasteiger partial charge in [0.15, 0.2) is 0 Å². The van der Waals surface area contributed by atoms with Crippen LogP contribution in [-0.2, 0) is 21.2 Å². The van der Waals surface area contributed by atoms with E-state index >= 15 is 0 Å².